The Balaban J connectivity index is 2.02. The van der Waals surface area contributed by atoms with Crippen molar-refractivity contribution in [3.05, 3.63) is 41.1 Å². The molecule has 2 rings (SSSR count). The molecule has 9 heteroatoms. The lowest BCUT2D eigenvalue weighted by Gasteiger charge is -1.99. The lowest BCUT2D eigenvalue weighted by Crippen LogP contribution is -2.25. The van der Waals surface area contributed by atoms with Gasteiger partial charge in [0.25, 0.3) is 11.8 Å². The van der Waals surface area contributed by atoms with Gasteiger partial charge in [0.15, 0.2) is 5.17 Å². The Kier molecular flexibility index (Phi) is 4.11. The number of pyridine rings is 1. The molecule has 2 heterocycles. The average molecular weight is 292 g/mol. The van der Waals surface area contributed by atoms with Gasteiger partial charge in [-0.25, -0.2) is 10.2 Å². The van der Waals surface area contributed by atoms with Crippen LogP contribution in [0, 0.1) is 0 Å². The van der Waals surface area contributed by atoms with Crippen LogP contribution in [0.5, 0.6) is 0 Å². The van der Waals surface area contributed by atoms with Crippen LogP contribution in [0.15, 0.2) is 40.6 Å². The van der Waals surface area contributed by atoms with Gasteiger partial charge in [0.2, 0.25) is 0 Å². The van der Waals surface area contributed by atoms with Crippen LogP contribution in [0.2, 0.25) is 0 Å². The summed E-state index contributed by atoms with van der Waals surface area (Å²) in [6.45, 7) is 0. The number of hydrogen-bond acceptors (Lipinski definition) is 6. The number of carboxylic acids is 1. The van der Waals surface area contributed by atoms with Crippen molar-refractivity contribution in [2.45, 2.75) is 0 Å². The molecule has 3 N–H and O–H groups in total. The highest BCUT2D eigenvalue weighted by molar-refractivity contribution is 8.18. The molecule has 0 spiro atoms. The van der Waals surface area contributed by atoms with E-state index < -0.39 is 17.8 Å². The van der Waals surface area contributed by atoms with Crippen LogP contribution in [0.3, 0.4) is 0 Å². The fraction of sp³-hybridized carbons (Fsp3) is 0. The second-order valence-corrected chi connectivity index (χ2v) is 4.53. The zero-order valence-electron chi connectivity index (χ0n) is 9.86. The first-order valence-electron chi connectivity index (χ1n) is 5.28. The molecular formula is C11H8N4O4S. The Hall–Kier alpha value is -2.68. The molecule has 2 amide bonds. The van der Waals surface area contributed by atoms with Crippen LogP contribution in [-0.2, 0) is 9.59 Å². The van der Waals surface area contributed by atoms with Crippen molar-refractivity contribution in [1.29, 1.82) is 0 Å². The molecule has 1 aromatic heterocycles. The molecule has 1 saturated heterocycles. The summed E-state index contributed by atoms with van der Waals surface area (Å²) in [4.78, 5) is 37.3. The van der Waals surface area contributed by atoms with Gasteiger partial charge in [0, 0.05) is 18.5 Å². The van der Waals surface area contributed by atoms with Crippen molar-refractivity contribution in [3.8, 4) is 0 Å². The van der Waals surface area contributed by atoms with Crippen molar-refractivity contribution < 1.29 is 19.5 Å². The normalized spacial score (nSPS) is 18.1. The van der Waals surface area contributed by atoms with E-state index in [9.17, 15) is 14.4 Å². The zero-order chi connectivity index (χ0) is 14.5. The first-order chi connectivity index (χ1) is 9.56. The minimum absolute atomic E-state index is 0.00752. The Labute approximate surface area is 117 Å². The van der Waals surface area contributed by atoms with Gasteiger partial charge >= 0.3 is 5.97 Å². The number of carboxylic acid groups (broad SMARTS) is 1. The number of carbonyl (C=O) groups is 3. The standard InChI is InChI=1S/C11H8N4O4S/c16-8(17)4-7-10(19)13-11(20-7)15-14-9(18)6-2-1-3-12-5-6/h1-5H,(H,14,18)(H,16,17)(H,13,15,19). The molecule has 1 aliphatic heterocycles. The number of hydrazone groups is 1. The van der Waals surface area contributed by atoms with E-state index in [4.69, 9.17) is 5.11 Å². The molecule has 0 aliphatic carbocycles. The highest BCUT2D eigenvalue weighted by atomic mass is 32.2. The van der Waals surface area contributed by atoms with E-state index in [2.05, 4.69) is 20.8 Å². The highest BCUT2D eigenvalue weighted by Gasteiger charge is 2.25. The largest absolute Gasteiger partial charge is 0.478 e. The van der Waals surface area contributed by atoms with Crippen LogP contribution < -0.4 is 10.7 Å². The molecule has 0 radical (unpaired) electrons. The van der Waals surface area contributed by atoms with Gasteiger partial charge in [-0.1, -0.05) is 0 Å². The lowest BCUT2D eigenvalue weighted by atomic mass is 10.3. The second kappa shape index (κ2) is 5.97. The van der Waals surface area contributed by atoms with E-state index in [0.717, 1.165) is 17.8 Å². The Morgan fingerprint density at radius 1 is 1.50 bits per heavy atom. The van der Waals surface area contributed by atoms with Crippen LogP contribution in [0.25, 0.3) is 0 Å². The van der Waals surface area contributed by atoms with Gasteiger partial charge in [0.05, 0.1) is 10.5 Å². The number of amidine groups is 1. The molecule has 0 unspecified atom stereocenters. The number of nitrogens with one attached hydrogen (secondary N) is 2. The maximum Gasteiger partial charge on any atom is 0.329 e. The third kappa shape index (κ3) is 3.42. The fourth-order valence-electron chi connectivity index (χ4n) is 1.26. The number of rotatable bonds is 3. The van der Waals surface area contributed by atoms with Crippen molar-refractivity contribution >= 4 is 34.7 Å². The predicted octanol–water partition coefficient (Wildman–Crippen LogP) is -0.0861. The number of aromatic nitrogens is 1. The van der Waals surface area contributed by atoms with E-state index in [0.29, 0.717) is 5.56 Å². The van der Waals surface area contributed by atoms with Crippen LogP contribution in [0.1, 0.15) is 10.4 Å². The molecule has 0 aromatic carbocycles. The number of carbonyl (C=O) groups excluding carboxylic acids is 2. The van der Waals surface area contributed by atoms with Crippen LogP contribution >= 0.6 is 11.8 Å². The summed E-state index contributed by atoms with van der Waals surface area (Å²) in [5.41, 5.74) is 2.55. The number of thioether (sulfide) groups is 1. The first kappa shape index (κ1) is 13.7. The summed E-state index contributed by atoms with van der Waals surface area (Å²) >= 11 is 0.824. The van der Waals surface area contributed by atoms with Crippen molar-refractivity contribution in [2.24, 2.45) is 5.10 Å². The molecule has 0 saturated carbocycles. The monoisotopic (exact) mass is 292 g/mol. The molecule has 0 atom stereocenters. The van der Waals surface area contributed by atoms with E-state index >= 15 is 0 Å². The lowest BCUT2D eigenvalue weighted by molar-refractivity contribution is -0.131. The third-order valence-electron chi connectivity index (χ3n) is 2.09. The molecule has 1 aromatic rings. The molecule has 102 valence electrons. The number of nitrogens with zero attached hydrogens (tertiary/aromatic N) is 2. The third-order valence-corrected chi connectivity index (χ3v) is 3.00. The summed E-state index contributed by atoms with van der Waals surface area (Å²) in [6.07, 6.45) is 3.66. The molecule has 0 bridgehead atoms. The van der Waals surface area contributed by atoms with E-state index in [-0.39, 0.29) is 10.1 Å². The number of hydrogen-bond donors (Lipinski definition) is 3. The van der Waals surface area contributed by atoms with E-state index in [1.165, 1.54) is 12.4 Å². The summed E-state index contributed by atoms with van der Waals surface area (Å²) in [6, 6.07) is 3.15. The quantitative estimate of drug-likeness (QED) is 0.529. The molecular weight excluding hydrogens is 284 g/mol. The van der Waals surface area contributed by atoms with Gasteiger partial charge in [0.1, 0.15) is 0 Å². The Morgan fingerprint density at radius 2 is 2.30 bits per heavy atom. The Morgan fingerprint density at radius 3 is 2.95 bits per heavy atom. The van der Waals surface area contributed by atoms with Crippen LogP contribution in [-0.4, -0.2) is 33.0 Å². The van der Waals surface area contributed by atoms with Gasteiger partial charge < -0.3 is 5.11 Å². The van der Waals surface area contributed by atoms with E-state index in [1.807, 2.05) is 0 Å². The smallest absolute Gasteiger partial charge is 0.329 e. The topological polar surface area (TPSA) is 121 Å². The number of aliphatic carboxylic acids is 1. The SMILES string of the molecule is O=C(O)C=C1S/C(=N\NC(=O)c2cccnc2)NC1=O. The summed E-state index contributed by atoms with van der Waals surface area (Å²) in [7, 11) is 0. The summed E-state index contributed by atoms with van der Waals surface area (Å²) < 4.78 is 0. The zero-order valence-corrected chi connectivity index (χ0v) is 10.7. The maximum atomic E-state index is 11.7. The predicted molar refractivity (Wildman–Crippen MR) is 70.6 cm³/mol. The van der Waals surface area contributed by atoms with Gasteiger partial charge in [-0.2, -0.15) is 0 Å². The highest BCUT2D eigenvalue weighted by Crippen LogP contribution is 2.22. The summed E-state index contributed by atoms with van der Waals surface area (Å²) in [5, 5.41) is 14.7. The van der Waals surface area contributed by atoms with Gasteiger partial charge in [-0.05, 0) is 23.9 Å². The minimum atomic E-state index is -1.23. The van der Waals surface area contributed by atoms with Gasteiger partial charge in [-0.3, -0.25) is 19.9 Å². The molecule has 1 aliphatic rings. The van der Waals surface area contributed by atoms with Crippen LogP contribution in [0.4, 0.5) is 0 Å². The number of amides is 2. The van der Waals surface area contributed by atoms with Gasteiger partial charge in [-0.15, -0.1) is 5.10 Å². The second-order valence-electron chi connectivity index (χ2n) is 3.50. The summed E-state index contributed by atoms with van der Waals surface area (Å²) in [5.74, 6) is -2.30. The first-order valence-corrected chi connectivity index (χ1v) is 6.10. The van der Waals surface area contributed by atoms with Crippen molar-refractivity contribution in [1.82, 2.24) is 15.7 Å². The van der Waals surface area contributed by atoms with Crippen molar-refractivity contribution in [2.75, 3.05) is 0 Å². The molecule has 8 nitrogen and oxygen atoms in total. The average Bonchev–Trinajstić information content (AvgIpc) is 2.77. The maximum absolute atomic E-state index is 11.7. The molecule has 20 heavy (non-hydrogen) atoms. The van der Waals surface area contributed by atoms with E-state index in [1.54, 1.807) is 12.1 Å². The Bertz CT molecular complexity index is 627. The molecule has 1 fully saturated rings. The van der Waals surface area contributed by atoms with Crippen molar-refractivity contribution in [3.63, 3.8) is 0 Å². The fourth-order valence-corrected chi connectivity index (χ4v) is 2.00. The minimum Gasteiger partial charge on any atom is -0.478 e.